The maximum Gasteiger partial charge on any atom is 0.228 e. The van der Waals surface area contributed by atoms with E-state index in [1.165, 1.54) is 30.6 Å². The van der Waals surface area contributed by atoms with E-state index >= 15 is 0 Å². The first-order valence-electron chi connectivity index (χ1n) is 6.90. The molecule has 4 heteroatoms. The number of carbonyl (C=O) groups is 1. The second-order valence-electron chi connectivity index (χ2n) is 5.26. The maximum atomic E-state index is 12.4. The summed E-state index contributed by atoms with van der Waals surface area (Å²) in [5, 5.41) is 5.60. The van der Waals surface area contributed by atoms with Crippen LogP contribution in [-0.2, 0) is 11.2 Å². The summed E-state index contributed by atoms with van der Waals surface area (Å²) in [5.74, 6) is 0.314. The highest BCUT2D eigenvalue weighted by molar-refractivity contribution is 7.10. The van der Waals surface area contributed by atoms with Gasteiger partial charge in [-0.25, -0.2) is 0 Å². The summed E-state index contributed by atoms with van der Waals surface area (Å²) < 4.78 is 0. The predicted octanol–water partition coefficient (Wildman–Crippen LogP) is 2.03. The van der Waals surface area contributed by atoms with E-state index in [-0.39, 0.29) is 0 Å². The minimum atomic E-state index is 0.314. The van der Waals surface area contributed by atoms with Crippen molar-refractivity contribution in [1.29, 1.82) is 0 Å². The van der Waals surface area contributed by atoms with Crippen molar-refractivity contribution in [2.75, 3.05) is 13.1 Å². The van der Waals surface area contributed by atoms with Gasteiger partial charge < -0.3 is 10.2 Å². The highest BCUT2D eigenvalue weighted by Gasteiger charge is 2.35. The molecular weight excluding hydrogens is 244 g/mol. The van der Waals surface area contributed by atoms with Crippen LogP contribution in [-0.4, -0.2) is 36.0 Å². The third-order valence-corrected chi connectivity index (χ3v) is 4.96. The number of hydrogen-bond acceptors (Lipinski definition) is 3. The SMILES string of the molecule is O=C(Cc1cccs1)N1CCCC1C1CCCN1. The van der Waals surface area contributed by atoms with Crippen LogP contribution in [0.1, 0.15) is 30.6 Å². The van der Waals surface area contributed by atoms with Gasteiger partial charge in [-0.15, -0.1) is 11.3 Å². The number of thiophene rings is 1. The first kappa shape index (κ1) is 12.2. The molecular formula is C14H20N2OS. The van der Waals surface area contributed by atoms with Crippen molar-refractivity contribution < 1.29 is 4.79 Å². The lowest BCUT2D eigenvalue weighted by atomic mass is 10.0. The lowest BCUT2D eigenvalue weighted by Gasteiger charge is -2.29. The normalized spacial score (nSPS) is 27.9. The third-order valence-electron chi connectivity index (χ3n) is 4.09. The van der Waals surface area contributed by atoms with E-state index in [1.54, 1.807) is 11.3 Å². The molecule has 98 valence electrons. The lowest BCUT2D eigenvalue weighted by Crippen LogP contribution is -2.47. The Morgan fingerprint density at radius 2 is 2.39 bits per heavy atom. The van der Waals surface area contributed by atoms with Gasteiger partial charge >= 0.3 is 0 Å². The Hall–Kier alpha value is -0.870. The molecule has 1 amide bonds. The van der Waals surface area contributed by atoms with Crippen molar-refractivity contribution in [3.05, 3.63) is 22.4 Å². The molecule has 0 aliphatic carbocycles. The van der Waals surface area contributed by atoms with Crippen LogP contribution >= 0.6 is 11.3 Å². The Kier molecular flexibility index (Phi) is 3.66. The number of nitrogens with zero attached hydrogens (tertiary/aromatic N) is 1. The van der Waals surface area contributed by atoms with Gasteiger partial charge in [0.25, 0.3) is 0 Å². The van der Waals surface area contributed by atoms with Gasteiger partial charge in [0.2, 0.25) is 5.91 Å². The summed E-state index contributed by atoms with van der Waals surface area (Å²) in [6.07, 6.45) is 5.41. The van der Waals surface area contributed by atoms with Gasteiger partial charge in [0.15, 0.2) is 0 Å². The summed E-state index contributed by atoms with van der Waals surface area (Å²) in [5.41, 5.74) is 0. The molecule has 2 fully saturated rings. The smallest absolute Gasteiger partial charge is 0.228 e. The van der Waals surface area contributed by atoms with Crippen LogP contribution in [0.5, 0.6) is 0 Å². The van der Waals surface area contributed by atoms with E-state index in [4.69, 9.17) is 0 Å². The van der Waals surface area contributed by atoms with E-state index in [0.29, 0.717) is 24.4 Å². The van der Waals surface area contributed by atoms with E-state index in [9.17, 15) is 4.79 Å². The Bertz CT molecular complexity index is 398. The van der Waals surface area contributed by atoms with E-state index < -0.39 is 0 Å². The molecule has 0 bridgehead atoms. The van der Waals surface area contributed by atoms with Gasteiger partial charge in [-0.2, -0.15) is 0 Å². The van der Waals surface area contributed by atoms with Crippen molar-refractivity contribution in [2.24, 2.45) is 0 Å². The summed E-state index contributed by atoms with van der Waals surface area (Å²) in [6.45, 7) is 2.07. The summed E-state index contributed by atoms with van der Waals surface area (Å²) >= 11 is 1.68. The molecule has 2 unspecified atom stereocenters. The van der Waals surface area contributed by atoms with Gasteiger partial charge in [-0.05, 0) is 43.7 Å². The molecule has 2 atom stereocenters. The molecule has 3 heterocycles. The van der Waals surface area contributed by atoms with E-state index in [2.05, 4.69) is 16.3 Å². The molecule has 0 spiro atoms. The van der Waals surface area contributed by atoms with Crippen LogP contribution in [0.4, 0.5) is 0 Å². The predicted molar refractivity (Wildman–Crippen MR) is 73.8 cm³/mol. The van der Waals surface area contributed by atoms with Crippen molar-refractivity contribution in [3.63, 3.8) is 0 Å². The van der Waals surface area contributed by atoms with E-state index in [0.717, 1.165) is 13.1 Å². The molecule has 18 heavy (non-hydrogen) atoms. The Labute approximate surface area is 112 Å². The minimum absolute atomic E-state index is 0.314. The Morgan fingerprint density at radius 3 is 3.11 bits per heavy atom. The zero-order valence-electron chi connectivity index (χ0n) is 10.6. The number of rotatable bonds is 3. The fourth-order valence-electron chi connectivity index (χ4n) is 3.22. The Balaban J connectivity index is 1.64. The van der Waals surface area contributed by atoms with Gasteiger partial charge in [-0.3, -0.25) is 4.79 Å². The van der Waals surface area contributed by atoms with Crippen LogP contribution < -0.4 is 5.32 Å². The van der Waals surface area contributed by atoms with Gasteiger partial charge in [0.1, 0.15) is 0 Å². The summed E-state index contributed by atoms with van der Waals surface area (Å²) in [4.78, 5) is 15.7. The van der Waals surface area contributed by atoms with Crippen LogP contribution in [0.25, 0.3) is 0 Å². The second-order valence-corrected chi connectivity index (χ2v) is 6.29. The number of amides is 1. The number of nitrogens with one attached hydrogen (secondary N) is 1. The first-order chi connectivity index (χ1) is 8.84. The molecule has 0 aromatic carbocycles. The third kappa shape index (κ3) is 2.45. The first-order valence-corrected chi connectivity index (χ1v) is 7.78. The molecule has 1 aromatic rings. The standard InChI is InChI=1S/C14H20N2OS/c17-14(10-11-4-3-9-18-11)16-8-2-6-13(16)12-5-1-7-15-12/h3-4,9,12-13,15H,1-2,5-8,10H2. The number of carbonyl (C=O) groups excluding carboxylic acids is 1. The largest absolute Gasteiger partial charge is 0.338 e. The molecule has 2 aliphatic heterocycles. The van der Waals surface area contributed by atoms with Crippen molar-refractivity contribution in [1.82, 2.24) is 10.2 Å². The molecule has 0 radical (unpaired) electrons. The van der Waals surface area contributed by atoms with Crippen LogP contribution in [0.15, 0.2) is 17.5 Å². The number of likely N-dealkylation sites (tertiary alicyclic amines) is 1. The molecule has 1 N–H and O–H groups in total. The monoisotopic (exact) mass is 264 g/mol. The second kappa shape index (κ2) is 5.41. The quantitative estimate of drug-likeness (QED) is 0.906. The topological polar surface area (TPSA) is 32.3 Å². The molecule has 2 saturated heterocycles. The highest BCUT2D eigenvalue weighted by atomic mass is 32.1. The Morgan fingerprint density at radius 1 is 1.44 bits per heavy atom. The molecule has 1 aromatic heterocycles. The molecule has 0 saturated carbocycles. The van der Waals surface area contributed by atoms with E-state index in [1.807, 2.05) is 11.4 Å². The molecule has 3 nitrogen and oxygen atoms in total. The van der Waals surface area contributed by atoms with Gasteiger partial charge in [0.05, 0.1) is 6.42 Å². The van der Waals surface area contributed by atoms with Crippen molar-refractivity contribution >= 4 is 17.2 Å². The summed E-state index contributed by atoms with van der Waals surface area (Å²) in [7, 11) is 0. The average molecular weight is 264 g/mol. The number of hydrogen-bond donors (Lipinski definition) is 1. The van der Waals surface area contributed by atoms with Crippen LogP contribution in [0, 0.1) is 0 Å². The maximum absolute atomic E-state index is 12.4. The van der Waals surface area contributed by atoms with Crippen LogP contribution in [0.2, 0.25) is 0 Å². The zero-order valence-corrected chi connectivity index (χ0v) is 11.4. The average Bonchev–Trinajstić information content (AvgIpc) is 3.11. The van der Waals surface area contributed by atoms with Crippen molar-refractivity contribution in [3.8, 4) is 0 Å². The highest BCUT2D eigenvalue weighted by Crippen LogP contribution is 2.25. The van der Waals surface area contributed by atoms with Gasteiger partial charge in [-0.1, -0.05) is 6.07 Å². The lowest BCUT2D eigenvalue weighted by molar-refractivity contribution is -0.131. The van der Waals surface area contributed by atoms with Crippen molar-refractivity contribution in [2.45, 2.75) is 44.2 Å². The van der Waals surface area contributed by atoms with Crippen LogP contribution in [0.3, 0.4) is 0 Å². The summed E-state index contributed by atoms with van der Waals surface area (Å²) in [6, 6.07) is 5.06. The fraction of sp³-hybridized carbons (Fsp3) is 0.643. The van der Waals surface area contributed by atoms with Gasteiger partial charge in [0, 0.05) is 23.5 Å². The molecule has 2 aliphatic rings. The minimum Gasteiger partial charge on any atom is -0.338 e. The zero-order chi connectivity index (χ0) is 12.4. The fourth-order valence-corrected chi connectivity index (χ4v) is 3.92. The molecule has 3 rings (SSSR count).